The molecule has 1 aromatic rings. The number of rotatable bonds is 5. The molecule has 1 heterocycles. The molecule has 0 unspecified atom stereocenters. The monoisotopic (exact) mass is 210 g/mol. The van der Waals surface area contributed by atoms with Crippen molar-refractivity contribution in [1.29, 1.82) is 0 Å². The highest BCUT2D eigenvalue weighted by Crippen LogP contribution is 2.14. The van der Waals surface area contributed by atoms with Crippen LogP contribution in [0.2, 0.25) is 0 Å². The van der Waals surface area contributed by atoms with Crippen LogP contribution in [0.3, 0.4) is 0 Å². The predicted octanol–water partition coefficient (Wildman–Crippen LogP) is 1.97. The molecule has 0 N–H and O–H groups in total. The summed E-state index contributed by atoms with van der Waals surface area (Å²) in [6, 6.07) is 1.81. The van der Waals surface area contributed by atoms with E-state index in [2.05, 4.69) is 23.8 Å². The first kappa shape index (κ1) is 12.1. The van der Waals surface area contributed by atoms with Crippen LogP contribution in [0.25, 0.3) is 0 Å². The van der Waals surface area contributed by atoms with E-state index >= 15 is 0 Å². The first-order valence-electron chi connectivity index (χ1n) is 5.04. The number of nitrogens with zero attached hydrogens (tertiary/aromatic N) is 2. The summed E-state index contributed by atoms with van der Waals surface area (Å²) in [5, 5.41) is 0. The highest BCUT2D eigenvalue weighted by molar-refractivity contribution is 5.04. The van der Waals surface area contributed by atoms with Gasteiger partial charge in [-0.15, -0.1) is 0 Å². The molecule has 0 saturated heterocycles. The Bertz CT molecular complexity index is 298. The van der Waals surface area contributed by atoms with Crippen molar-refractivity contribution in [2.45, 2.75) is 26.6 Å². The van der Waals surface area contributed by atoms with E-state index in [-0.39, 0.29) is 0 Å². The maximum absolute atomic E-state index is 5.13. The summed E-state index contributed by atoms with van der Waals surface area (Å²) < 4.78 is 10.3. The van der Waals surface area contributed by atoms with Crippen LogP contribution in [0.5, 0.6) is 0 Å². The molecule has 0 fully saturated rings. The summed E-state index contributed by atoms with van der Waals surface area (Å²) in [7, 11) is 3.19. The van der Waals surface area contributed by atoms with E-state index in [0.29, 0.717) is 5.92 Å². The van der Waals surface area contributed by atoms with Gasteiger partial charge >= 0.3 is 0 Å². The molecular formula is C11H18N2O2. The Morgan fingerprint density at radius 3 is 2.47 bits per heavy atom. The summed E-state index contributed by atoms with van der Waals surface area (Å²) in [6.07, 6.45) is 2.21. The van der Waals surface area contributed by atoms with Crippen molar-refractivity contribution >= 4 is 0 Å². The average molecular weight is 210 g/mol. The maximum atomic E-state index is 5.13. The van der Waals surface area contributed by atoms with Crippen molar-refractivity contribution in [2.24, 2.45) is 5.92 Å². The van der Waals surface area contributed by atoms with Crippen LogP contribution in [0.1, 0.15) is 31.7 Å². The van der Waals surface area contributed by atoms with Gasteiger partial charge in [-0.1, -0.05) is 13.8 Å². The van der Waals surface area contributed by atoms with Crippen molar-refractivity contribution in [3.63, 3.8) is 0 Å². The van der Waals surface area contributed by atoms with E-state index in [9.17, 15) is 0 Å². The zero-order valence-corrected chi connectivity index (χ0v) is 9.73. The normalized spacial score (nSPS) is 11.3. The highest BCUT2D eigenvalue weighted by atomic mass is 16.7. The van der Waals surface area contributed by atoms with Gasteiger partial charge in [-0.05, 0) is 12.0 Å². The Morgan fingerprint density at radius 1 is 1.27 bits per heavy atom. The van der Waals surface area contributed by atoms with E-state index < -0.39 is 6.29 Å². The van der Waals surface area contributed by atoms with Gasteiger partial charge in [0, 0.05) is 26.8 Å². The fraction of sp³-hybridized carbons (Fsp3) is 0.636. The topological polar surface area (TPSA) is 44.2 Å². The summed E-state index contributed by atoms with van der Waals surface area (Å²) >= 11 is 0. The van der Waals surface area contributed by atoms with Crippen molar-refractivity contribution in [3.8, 4) is 0 Å². The van der Waals surface area contributed by atoms with Gasteiger partial charge in [-0.3, -0.25) is 0 Å². The molecule has 4 nitrogen and oxygen atoms in total. The van der Waals surface area contributed by atoms with Gasteiger partial charge in [0.05, 0.1) is 5.69 Å². The molecule has 1 rings (SSSR count). The molecule has 0 aliphatic carbocycles. The zero-order valence-electron chi connectivity index (χ0n) is 9.73. The Labute approximate surface area is 90.7 Å². The van der Waals surface area contributed by atoms with Crippen molar-refractivity contribution in [2.75, 3.05) is 14.2 Å². The highest BCUT2D eigenvalue weighted by Gasteiger charge is 2.11. The van der Waals surface area contributed by atoms with Gasteiger partial charge in [0.1, 0.15) is 5.82 Å². The third-order valence-corrected chi connectivity index (χ3v) is 1.99. The SMILES string of the molecule is COC(OC)c1ccnc(CC(C)C)n1. The number of hydrogen-bond donors (Lipinski definition) is 0. The third kappa shape index (κ3) is 3.57. The van der Waals surface area contributed by atoms with Crippen LogP contribution < -0.4 is 0 Å². The molecular weight excluding hydrogens is 192 g/mol. The maximum Gasteiger partial charge on any atom is 0.200 e. The van der Waals surface area contributed by atoms with E-state index in [1.54, 1.807) is 20.4 Å². The van der Waals surface area contributed by atoms with Crippen LogP contribution >= 0.6 is 0 Å². The Kier molecular flexibility index (Phi) is 4.65. The van der Waals surface area contributed by atoms with Gasteiger partial charge in [-0.25, -0.2) is 9.97 Å². The molecule has 0 atom stereocenters. The largest absolute Gasteiger partial charge is 0.350 e. The Balaban J connectivity index is 2.81. The van der Waals surface area contributed by atoms with Gasteiger partial charge in [0.2, 0.25) is 6.29 Å². The second kappa shape index (κ2) is 5.78. The lowest BCUT2D eigenvalue weighted by atomic mass is 10.1. The van der Waals surface area contributed by atoms with Crippen LogP contribution in [-0.4, -0.2) is 24.2 Å². The molecule has 0 aliphatic heterocycles. The molecule has 0 aromatic carbocycles. The Morgan fingerprint density at radius 2 is 1.93 bits per heavy atom. The first-order valence-corrected chi connectivity index (χ1v) is 5.04. The lowest BCUT2D eigenvalue weighted by molar-refractivity contribution is -0.108. The summed E-state index contributed by atoms with van der Waals surface area (Å²) in [5.74, 6) is 1.38. The minimum absolute atomic E-state index is 0.404. The van der Waals surface area contributed by atoms with Crippen molar-refractivity contribution < 1.29 is 9.47 Å². The number of hydrogen-bond acceptors (Lipinski definition) is 4. The van der Waals surface area contributed by atoms with E-state index in [1.165, 1.54) is 0 Å². The molecule has 0 bridgehead atoms. The second-order valence-corrected chi connectivity index (χ2v) is 3.80. The fourth-order valence-electron chi connectivity index (χ4n) is 1.35. The van der Waals surface area contributed by atoms with Gasteiger partial charge in [0.25, 0.3) is 0 Å². The van der Waals surface area contributed by atoms with E-state index in [0.717, 1.165) is 17.9 Å². The van der Waals surface area contributed by atoms with Crippen LogP contribution in [0, 0.1) is 5.92 Å². The average Bonchev–Trinajstić information content (AvgIpc) is 2.19. The molecule has 0 spiro atoms. The molecule has 1 aromatic heterocycles. The molecule has 15 heavy (non-hydrogen) atoms. The van der Waals surface area contributed by atoms with Crippen LogP contribution in [-0.2, 0) is 15.9 Å². The van der Waals surface area contributed by atoms with Crippen LogP contribution in [0.15, 0.2) is 12.3 Å². The molecule has 84 valence electrons. The predicted molar refractivity (Wildman–Crippen MR) is 57.3 cm³/mol. The zero-order chi connectivity index (χ0) is 11.3. The third-order valence-electron chi connectivity index (χ3n) is 1.99. The molecule has 4 heteroatoms. The minimum Gasteiger partial charge on any atom is -0.350 e. The van der Waals surface area contributed by atoms with E-state index in [1.807, 2.05) is 6.07 Å². The van der Waals surface area contributed by atoms with Crippen molar-refractivity contribution in [3.05, 3.63) is 23.8 Å². The molecule has 0 radical (unpaired) electrons. The standard InChI is InChI=1S/C11H18N2O2/c1-8(2)7-10-12-6-5-9(13-10)11(14-3)15-4/h5-6,8,11H,7H2,1-4H3. The number of ether oxygens (including phenoxy) is 2. The lowest BCUT2D eigenvalue weighted by Crippen LogP contribution is -2.09. The van der Waals surface area contributed by atoms with Crippen molar-refractivity contribution in [1.82, 2.24) is 9.97 Å². The van der Waals surface area contributed by atoms with Gasteiger partial charge < -0.3 is 9.47 Å². The smallest absolute Gasteiger partial charge is 0.200 e. The number of aromatic nitrogens is 2. The Hall–Kier alpha value is -1.00. The fourth-order valence-corrected chi connectivity index (χ4v) is 1.35. The van der Waals surface area contributed by atoms with E-state index in [4.69, 9.17) is 9.47 Å². The lowest BCUT2D eigenvalue weighted by Gasteiger charge is -2.13. The quantitative estimate of drug-likeness (QED) is 0.697. The minimum atomic E-state index is -0.404. The summed E-state index contributed by atoms with van der Waals surface area (Å²) in [4.78, 5) is 8.60. The van der Waals surface area contributed by atoms with Gasteiger partial charge in [0.15, 0.2) is 0 Å². The summed E-state index contributed by atoms with van der Waals surface area (Å²) in [6.45, 7) is 4.28. The molecule has 0 aliphatic rings. The summed E-state index contributed by atoms with van der Waals surface area (Å²) in [5.41, 5.74) is 0.769. The van der Waals surface area contributed by atoms with Crippen LogP contribution in [0.4, 0.5) is 0 Å². The molecule has 0 saturated carbocycles. The molecule has 0 amide bonds. The van der Waals surface area contributed by atoms with Gasteiger partial charge in [-0.2, -0.15) is 0 Å². The number of methoxy groups -OCH3 is 2. The first-order chi connectivity index (χ1) is 7.17. The second-order valence-electron chi connectivity index (χ2n) is 3.80.